The molecule has 0 radical (unpaired) electrons. The van der Waals surface area contributed by atoms with E-state index in [0.29, 0.717) is 18.9 Å². The zero-order valence-electron chi connectivity index (χ0n) is 11.1. The number of carbonyl (C=O) groups excluding carboxylic acids is 1. The first-order valence-electron chi connectivity index (χ1n) is 6.62. The maximum absolute atomic E-state index is 11.6. The van der Waals surface area contributed by atoms with E-state index in [2.05, 4.69) is 10.6 Å². The average molecular weight is 242 g/mol. The van der Waals surface area contributed by atoms with E-state index in [0.717, 1.165) is 19.5 Å². The van der Waals surface area contributed by atoms with Crippen LogP contribution in [0.1, 0.15) is 39.5 Å². The predicted octanol–water partition coefficient (Wildman–Crippen LogP) is 0.901. The number of carbonyl (C=O) groups is 1. The summed E-state index contributed by atoms with van der Waals surface area (Å²) in [6.45, 7) is 6.71. The van der Waals surface area contributed by atoms with E-state index >= 15 is 0 Å². The lowest BCUT2D eigenvalue weighted by atomic mass is 9.92. The number of aliphatic hydroxyl groups excluding tert-OH is 1. The Balaban J connectivity index is 2.12. The minimum absolute atomic E-state index is 0.0988. The Morgan fingerprint density at radius 1 is 1.41 bits per heavy atom. The van der Waals surface area contributed by atoms with Gasteiger partial charge in [0.2, 0.25) is 5.91 Å². The van der Waals surface area contributed by atoms with Crippen LogP contribution in [-0.2, 0) is 4.79 Å². The topological polar surface area (TPSA) is 61.4 Å². The van der Waals surface area contributed by atoms with Crippen LogP contribution in [0.2, 0.25) is 0 Å². The minimum Gasteiger partial charge on any atom is -0.396 e. The van der Waals surface area contributed by atoms with Crippen LogP contribution >= 0.6 is 0 Å². The Morgan fingerprint density at radius 3 is 2.65 bits per heavy atom. The Hall–Kier alpha value is -0.610. The van der Waals surface area contributed by atoms with Gasteiger partial charge in [0.1, 0.15) is 0 Å². The molecule has 0 saturated carbocycles. The van der Waals surface area contributed by atoms with Crippen LogP contribution in [0.5, 0.6) is 0 Å². The Kier molecular flexibility index (Phi) is 5.92. The molecule has 1 fully saturated rings. The molecule has 0 aliphatic carbocycles. The molecule has 1 heterocycles. The third kappa shape index (κ3) is 6.03. The Bertz CT molecular complexity index is 236. The summed E-state index contributed by atoms with van der Waals surface area (Å²) in [4.78, 5) is 11.6. The molecule has 0 aromatic heterocycles. The number of amides is 1. The summed E-state index contributed by atoms with van der Waals surface area (Å²) < 4.78 is 0. The maximum atomic E-state index is 11.6. The molecule has 0 bridgehead atoms. The molecular weight excluding hydrogens is 216 g/mol. The molecule has 3 N–H and O–H groups in total. The van der Waals surface area contributed by atoms with Crippen molar-refractivity contribution in [3.05, 3.63) is 0 Å². The lowest BCUT2D eigenvalue weighted by molar-refractivity contribution is -0.122. The lowest BCUT2D eigenvalue weighted by Crippen LogP contribution is -2.36. The molecular formula is C13H26N2O2. The summed E-state index contributed by atoms with van der Waals surface area (Å²) in [5, 5.41) is 15.3. The highest BCUT2D eigenvalue weighted by atomic mass is 16.3. The molecule has 17 heavy (non-hydrogen) atoms. The summed E-state index contributed by atoms with van der Waals surface area (Å²) in [5.74, 6) is 0.818. The fraction of sp³-hybridized carbons (Fsp3) is 0.923. The number of hydrogen-bond acceptors (Lipinski definition) is 3. The zero-order chi connectivity index (χ0) is 12.7. The van der Waals surface area contributed by atoms with Gasteiger partial charge in [-0.05, 0) is 38.3 Å². The third-order valence-corrected chi connectivity index (χ3v) is 3.43. The van der Waals surface area contributed by atoms with Crippen LogP contribution in [0.4, 0.5) is 0 Å². The number of piperidine rings is 1. The largest absolute Gasteiger partial charge is 0.396 e. The van der Waals surface area contributed by atoms with Crippen molar-refractivity contribution in [3.8, 4) is 0 Å². The molecule has 0 unspecified atom stereocenters. The van der Waals surface area contributed by atoms with Crippen LogP contribution in [-0.4, -0.2) is 37.3 Å². The molecule has 1 amide bonds. The molecule has 0 spiro atoms. The SMILES string of the molecule is CC(C)(CO)CNC(=O)CCC1CCNCC1. The zero-order valence-corrected chi connectivity index (χ0v) is 11.1. The van der Waals surface area contributed by atoms with E-state index in [1.165, 1.54) is 12.8 Å². The second-order valence-corrected chi connectivity index (χ2v) is 5.83. The van der Waals surface area contributed by atoms with Crippen molar-refractivity contribution < 1.29 is 9.90 Å². The molecule has 0 aromatic carbocycles. The molecule has 4 heteroatoms. The Labute approximate surface area is 104 Å². The van der Waals surface area contributed by atoms with Crippen molar-refractivity contribution >= 4 is 5.91 Å². The monoisotopic (exact) mass is 242 g/mol. The molecule has 1 aliphatic rings. The van der Waals surface area contributed by atoms with Gasteiger partial charge in [0, 0.05) is 25.0 Å². The third-order valence-electron chi connectivity index (χ3n) is 3.43. The van der Waals surface area contributed by atoms with E-state index in [-0.39, 0.29) is 17.9 Å². The van der Waals surface area contributed by atoms with Crippen LogP contribution < -0.4 is 10.6 Å². The fourth-order valence-corrected chi connectivity index (χ4v) is 1.99. The van der Waals surface area contributed by atoms with Gasteiger partial charge >= 0.3 is 0 Å². The van der Waals surface area contributed by atoms with Crippen LogP contribution in [0.3, 0.4) is 0 Å². The molecule has 0 atom stereocenters. The quantitative estimate of drug-likeness (QED) is 0.648. The fourth-order valence-electron chi connectivity index (χ4n) is 1.99. The van der Waals surface area contributed by atoms with Gasteiger partial charge in [-0.2, -0.15) is 0 Å². The average Bonchev–Trinajstić information content (AvgIpc) is 2.35. The van der Waals surface area contributed by atoms with E-state index in [1.807, 2.05) is 13.8 Å². The van der Waals surface area contributed by atoms with Crippen molar-refractivity contribution in [2.45, 2.75) is 39.5 Å². The summed E-state index contributed by atoms with van der Waals surface area (Å²) in [7, 11) is 0. The molecule has 1 saturated heterocycles. The standard InChI is InChI=1S/C13H26N2O2/c1-13(2,10-16)9-15-12(17)4-3-11-5-7-14-8-6-11/h11,14,16H,3-10H2,1-2H3,(H,15,17). The van der Waals surface area contributed by atoms with Crippen molar-refractivity contribution in [2.24, 2.45) is 11.3 Å². The molecule has 1 rings (SSSR count). The molecule has 4 nitrogen and oxygen atoms in total. The predicted molar refractivity (Wildman–Crippen MR) is 68.7 cm³/mol. The number of hydrogen-bond donors (Lipinski definition) is 3. The number of rotatable bonds is 6. The van der Waals surface area contributed by atoms with E-state index in [9.17, 15) is 4.79 Å². The van der Waals surface area contributed by atoms with Gasteiger partial charge in [0.15, 0.2) is 0 Å². The van der Waals surface area contributed by atoms with E-state index in [4.69, 9.17) is 5.11 Å². The number of aliphatic hydroxyl groups is 1. The smallest absolute Gasteiger partial charge is 0.220 e. The number of nitrogens with one attached hydrogen (secondary N) is 2. The van der Waals surface area contributed by atoms with Gasteiger partial charge in [0.05, 0.1) is 0 Å². The highest BCUT2D eigenvalue weighted by Crippen LogP contribution is 2.17. The molecule has 1 aliphatic heterocycles. The van der Waals surface area contributed by atoms with Gasteiger partial charge in [-0.15, -0.1) is 0 Å². The molecule has 0 aromatic rings. The van der Waals surface area contributed by atoms with Crippen molar-refractivity contribution in [2.75, 3.05) is 26.2 Å². The van der Waals surface area contributed by atoms with Crippen LogP contribution in [0.25, 0.3) is 0 Å². The molecule has 100 valence electrons. The Morgan fingerprint density at radius 2 is 2.06 bits per heavy atom. The van der Waals surface area contributed by atoms with E-state index in [1.54, 1.807) is 0 Å². The summed E-state index contributed by atoms with van der Waals surface area (Å²) >= 11 is 0. The van der Waals surface area contributed by atoms with Crippen molar-refractivity contribution in [1.82, 2.24) is 10.6 Å². The first-order chi connectivity index (χ1) is 8.03. The second kappa shape index (κ2) is 6.97. The van der Waals surface area contributed by atoms with Crippen LogP contribution in [0.15, 0.2) is 0 Å². The van der Waals surface area contributed by atoms with Gasteiger partial charge in [-0.3, -0.25) is 4.79 Å². The maximum Gasteiger partial charge on any atom is 0.220 e. The van der Waals surface area contributed by atoms with Crippen molar-refractivity contribution in [1.29, 1.82) is 0 Å². The van der Waals surface area contributed by atoms with Crippen molar-refractivity contribution in [3.63, 3.8) is 0 Å². The summed E-state index contributed by atoms with van der Waals surface area (Å²) in [5.41, 5.74) is -0.218. The minimum atomic E-state index is -0.218. The second-order valence-electron chi connectivity index (χ2n) is 5.83. The summed E-state index contributed by atoms with van der Waals surface area (Å²) in [6.07, 6.45) is 3.99. The van der Waals surface area contributed by atoms with Gasteiger partial charge in [0.25, 0.3) is 0 Å². The van der Waals surface area contributed by atoms with Gasteiger partial charge < -0.3 is 15.7 Å². The van der Waals surface area contributed by atoms with Gasteiger partial charge in [-0.25, -0.2) is 0 Å². The van der Waals surface area contributed by atoms with E-state index < -0.39 is 0 Å². The lowest BCUT2D eigenvalue weighted by Gasteiger charge is -2.24. The highest BCUT2D eigenvalue weighted by Gasteiger charge is 2.18. The van der Waals surface area contributed by atoms with Crippen LogP contribution in [0, 0.1) is 11.3 Å². The highest BCUT2D eigenvalue weighted by molar-refractivity contribution is 5.75. The first-order valence-corrected chi connectivity index (χ1v) is 6.62. The normalized spacial score (nSPS) is 18.1. The van der Waals surface area contributed by atoms with Gasteiger partial charge in [-0.1, -0.05) is 13.8 Å². The summed E-state index contributed by atoms with van der Waals surface area (Å²) in [6, 6.07) is 0. The first kappa shape index (κ1) is 14.5.